The van der Waals surface area contributed by atoms with Crippen molar-refractivity contribution < 1.29 is 9.47 Å². The Morgan fingerprint density at radius 2 is 1.91 bits per heavy atom. The summed E-state index contributed by atoms with van der Waals surface area (Å²) >= 11 is 0. The van der Waals surface area contributed by atoms with Gasteiger partial charge in [-0.3, -0.25) is 0 Å². The first-order chi connectivity index (χ1) is 11.4. The molecule has 0 saturated carbocycles. The number of fused-ring (bicyclic) bond motifs is 1. The Hall–Kier alpha value is -2.74. The van der Waals surface area contributed by atoms with Crippen LogP contribution in [-0.2, 0) is 4.74 Å². The number of aromatic nitrogens is 5. The minimum Gasteiger partial charge on any atom is -0.467 e. The van der Waals surface area contributed by atoms with Crippen LogP contribution in [0.3, 0.4) is 0 Å². The van der Waals surface area contributed by atoms with Crippen molar-refractivity contribution in [3.63, 3.8) is 0 Å². The molecule has 3 aromatic rings. The van der Waals surface area contributed by atoms with E-state index in [1.165, 1.54) is 0 Å². The quantitative estimate of drug-likeness (QED) is 0.778. The molecule has 118 valence electrons. The standard InChI is InChI=1S/C15H16N6O2/c1-22-15-17-6-10(7-18-15)11-8-16-13-12(11)14(20-9-19-13)21-2-4-23-5-3-21/h6-9H,2-5H2,1H3,(H,16,19,20). The second-order valence-corrected chi connectivity index (χ2v) is 5.18. The van der Waals surface area contributed by atoms with Crippen LogP contribution >= 0.6 is 0 Å². The normalized spacial score (nSPS) is 15.1. The molecule has 0 spiro atoms. The maximum Gasteiger partial charge on any atom is 0.316 e. The van der Waals surface area contributed by atoms with E-state index in [0.717, 1.165) is 41.1 Å². The SMILES string of the molecule is COc1ncc(-c2c[nH]c3ncnc(N4CCOCC4)c23)cn1. The average Bonchev–Trinajstić information content (AvgIpc) is 3.07. The fourth-order valence-electron chi connectivity index (χ4n) is 2.75. The van der Waals surface area contributed by atoms with Crippen LogP contribution in [-0.4, -0.2) is 58.3 Å². The lowest BCUT2D eigenvalue weighted by Gasteiger charge is -2.28. The summed E-state index contributed by atoms with van der Waals surface area (Å²) in [6.07, 6.45) is 6.97. The molecule has 0 atom stereocenters. The number of aromatic amines is 1. The van der Waals surface area contributed by atoms with Gasteiger partial charge in [0.2, 0.25) is 0 Å². The van der Waals surface area contributed by atoms with Crippen molar-refractivity contribution in [1.82, 2.24) is 24.9 Å². The first-order valence-corrected chi connectivity index (χ1v) is 7.38. The topological polar surface area (TPSA) is 89.0 Å². The van der Waals surface area contributed by atoms with Crippen LogP contribution in [0.2, 0.25) is 0 Å². The molecule has 0 radical (unpaired) electrons. The Morgan fingerprint density at radius 1 is 1.13 bits per heavy atom. The van der Waals surface area contributed by atoms with E-state index in [2.05, 4.69) is 29.8 Å². The van der Waals surface area contributed by atoms with Gasteiger partial charge in [0.15, 0.2) is 0 Å². The molecule has 4 heterocycles. The molecule has 0 aliphatic carbocycles. The zero-order chi connectivity index (χ0) is 15.6. The molecular formula is C15H16N6O2. The molecule has 1 saturated heterocycles. The molecule has 1 N–H and O–H groups in total. The summed E-state index contributed by atoms with van der Waals surface area (Å²) in [4.78, 5) is 22.6. The van der Waals surface area contributed by atoms with E-state index in [1.807, 2.05) is 6.20 Å². The molecule has 4 rings (SSSR count). The lowest BCUT2D eigenvalue weighted by Crippen LogP contribution is -2.36. The van der Waals surface area contributed by atoms with Crippen molar-refractivity contribution in [2.24, 2.45) is 0 Å². The molecular weight excluding hydrogens is 296 g/mol. The number of H-pyrrole nitrogens is 1. The highest BCUT2D eigenvalue weighted by Crippen LogP contribution is 2.33. The number of hydrogen-bond acceptors (Lipinski definition) is 7. The Kier molecular flexibility index (Phi) is 3.51. The van der Waals surface area contributed by atoms with Crippen LogP contribution in [0.25, 0.3) is 22.2 Å². The summed E-state index contributed by atoms with van der Waals surface area (Å²) in [6, 6.07) is 0.346. The maximum absolute atomic E-state index is 5.43. The fourth-order valence-corrected chi connectivity index (χ4v) is 2.75. The van der Waals surface area contributed by atoms with Crippen LogP contribution < -0.4 is 9.64 Å². The first kappa shape index (κ1) is 13.9. The van der Waals surface area contributed by atoms with E-state index < -0.39 is 0 Å². The minimum absolute atomic E-state index is 0.346. The van der Waals surface area contributed by atoms with Gasteiger partial charge in [0, 0.05) is 42.8 Å². The molecule has 1 aliphatic rings. The minimum atomic E-state index is 0.346. The van der Waals surface area contributed by atoms with Crippen molar-refractivity contribution >= 4 is 16.9 Å². The van der Waals surface area contributed by atoms with Crippen molar-refractivity contribution in [3.8, 4) is 17.1 Å². The number of nitrogens with zero attached hydrogens (tertiary/aromatic N) is 5. The van der Waals surface area contributed by atoms with Gasteiger partial charge in [0.05, 0.1) is 25.7 Å². The molecule has 8 nitrogen and oxygen atoms in total. The van der Waals surface area contributed by atoms with Crippen LogP contribution in [0.15, 0.2) is 24.9 Å². The van der Waals surface area contributed by atoms with Gasteiger partial charge in [-0.05, 0) is 0 Å². The fraction of sp³-hybridized carbons (Fsp3) is 0.333. The van der Waals surface area contributed by atoms with E-state index in [1.54, 1.807) is 25.8 Å². The van der Waals surface area contributed by atoms with E-state index in [9.17, 15) is 0 Å². The lowest BCUT2D eigenvalue weighted by molar-refractivity contribution is 0.122. The molecule has 0 aromatic carbocycles. The smallest absolute Gasteiger partial charge is 0.316 e. The highest BCUT2D eigenvalue weighted by molar-refractivity contribution is 6.00. The zero-order valence-corrected chi connectivity index (χ0v) is 12.7. The number of rotatable bonds is 3. The molecule has 8 heteroatoms. The summed E-state index contributed by atoms with van der Waals surface area (Å²) in [5.41, 5.74) is 2.67. The average molecular weight is 312 g/mol. The molecule has 1 aliphatic heterocycles. The van der Waals surface area contributed by atoms with Gasteiger partial charge in [-0.2, -0.15) is 0 Å². The summed E-state index contributed by atoms with van der Waals surface area (Å²) in [7, 11) is 1.55. The predicted octanol–water partition coefficient (Wildman–Crippen LogP) is 1.26. The summed E-state index contributed by atoms with van der Waals surface area (Å²) in [5, 5.41) is 0.975. The zero-order valence-electron chi connectivity index (χ0n) is 12.7. The van der Waals surface area contributed by atoms with E-state index >= 15 is 0 Å². The second kappa shape index (κ2) is 5.81. The summed E-state index contributed by atoms with van der Waals surface area (Å²) < 4.78 is 10.4. The van der Waals surface area contributed by atoms with Crippen molar-refractivity contribution in [3.05, 3.63) is 24.9 Å². The summed E-state index contributed by atoms with van der Waals surface area (Å²) in [6.45, 7) is 3.04. The third-order valence-electron chi connectivity index (χ3n) is 3.88. The van der Waals surface area contributed by atoms with E-state index in [0.29, 0.717) is 19.2 Å². The number of ether oxygens (including phenoxy) is 2. The van der Waals surface area contributed by atoms with Gasteiger partial charge in [-0.1, -0.05) is 0 Å². The molecule has 0 unspecified atom stereocenters. The number of nitrogens with one attached hydrogen (secondary N) is 1. The van der Waals surface area contributed by atoms with Gasteiger partial charge in [0.1, 0.15) is 17.8 Å². The van der Waals surface area contributed by atoms with Gasteiger partial charge in [-0.25, -0.2) is 19.9 Å². The van der Waals surface area contributed by atoms with Gasteiger partial charge in [-0.15, -0.1) is 0 Å². The number of hydrogen-bond donors (Lipinski definition) is 1. The van der Waals surface area contributed by atoms with Crippen LogP contribution in [0, 0.1) is 0 Å². The predicted molar refractivity (Wildman–Crippen MR) is 84.5 cm³/mol. The van der Waals surface area contributed by atoms with Crippen molar-refractivity contribution in [2.45, 2.75) is 0 Å². The Balaban J connectivity index is 1.83. The Morgan fingerprint density at radius 3 is 2.65 bits per heavy atom. The van der Waals surface area contributed by atoms with Gasteiger partial charge < -0.3 is 19.4 Å². The van der Waals surface area contributed by atoms with Crippen LogP contribution in [0.4, 0.5) is 5.82 Å². The van der Waals surface area contributed by atoms with Gasteiger partial charge >= 0.3 is 6.01 Å². The van der Waals surface area contributed by atoms with Crippen molar-refractivity contribution in [2.75, 3.05) is 38.3 Å². The highest BCUT2D eigenvalue weighted by atomic mass is 16.5. The third-order valence-corrected chi connectivity index (χ3v) is 3.88. The van der Waals surface area contributed by atoms with Gasteiger partial charge in [0.25, 0.3) is 0 Å². The second-order valence-electron chi connectivity index (χ2n) is 5.18. The molecule has 1 fully saturated rings. The molecule has 3 aromatic heterocycles. The first-order valence-electron chi connectivity index (χ1n) is 7.38. The molecule has 23 heavy (non-hydrogen) atoms. The van der Waals surface area contributed by atoms with E-state index in [-0.39, 0.29) is 0 Å². The molecule has 0 bridgehead atoms. The largest absolute Gasteiger partial charge is 0.467 e. The number of anilines is 1. The van der Waals surface area contributed by atoms with Crippen LogP contribution in [0.5, 0.6) is 6.01 Å². The maximum atomic E-state index is 5.43. The van der Waals surface area contributed by atoms with Crippen LogP contribution in [0.1, 0.15) is 0 Å². The monoisotopic (exact) mass is 312 g/mol. The number of morpholine rings is 1. The van der Waals surface area contributed by atoms with Crippen molar-refractivity contribution in [1.29, 1.82) is 0 Å². The Bertz CT molecular complexity index is 810. The third kappa shape index (κ3) is 2.46. The Labute approximate surface area is 132 Å². The number of methoxy groups -OCH3 is 1. The lowest BCUT2D eigenvalue weighted by atomic mass is 10.1. The molecule has 0 amide bonds. The van der Waals surface area contributed by atoms with E-state index in [4.69, 9.17) is 9.47 Å². The summed E-state index contributed by atoms with van der Waals surface area (Å²) in [5.74, 6) is 0.908. The highest BCUT2D eigenvalue weighted by Gasteiger charge is 2.19.